The Morgan fingerprint density at radius 2 is 2.20 bits per heavy atom. The first-order valence-corrected chi connectivity index (χ1v) is 5.91. The second-order valence-electron chi connectivity index (χ2n) is 3.82. The van der Waals surface area contributed by atoms with Gasteiger partial charge in [-0.05, 0) is 29.9 Å². The number of halogens is 3. The normalized spacial score (nSPS) is 12.4. The van der Waals surface area contributed by atoms with E-state index in [9.17, 15) is 18.0 Å². The molecular weight excluding hydrogens is 293 g/mol. The maximum absolute atomic E-state index is 12.6. The fraction of sp³-hybridized carbons (Fsp3) is 0.333. The Bertz CT molecular complexity index is 528. The number of thiocarbonyl (C=S) groups is 1. The van der Waals surface area contributed by atoms with Gasteiger partial charge in [-0.1, -0.05) is 12.1 Å². The van der Waals surface area contributed by atoms with Crippen molar-refractivity contribution < 1.29 is 23.1 Å². The van der Waals surface area contributed by atoms with E-state index < -0.39 is 30.3 Å². The number of amides is 1. The number of nitrogens with one attached hydrogen (secondary N) is 1. The third-order valence-electron chi connectivity index (χ3n) is 2.44. The van der Waals surface area contributed by atoms with Gasteiger partial charge >= 0.3 is 6.18 Å². The topological polar surface area (TPSA) is 61.7 Å². The van der Waals surface area contributed by atoms with E-state index in [1.807, 2.05) is 0 Å². The molecule has 1 rings (SSSR count). The Kier molecular flexibility index (Phi) is 5.82. The number of alkyl halides is 3. The lowest BCUT2D eigenvalue weighted by Gasteiger charge is -2.14. The van der Waals surface area contributed by atoms with Crippen LogP contribution in [0.15, 0.2) is 29.3 Å². The predicted molar refractivity (Wildman–Crippen MR) is 69.3 cm³/mol. The van der Waals surface area contributed by atoms with Gasteiger partial charge in [0, 0.05) is 6.54 Å². The van der Waals surface area contributed by atoms with Crippen molar-refractivity contribution >= 4 is 23.3 Å². The Morgan fingerprint density at radius 1 is 1.50 bits per heavy atom. The van der Waals surface area contributed by atoms with Crippen molar-refractivity contribution in [3.63, 3.8) is 0 Å². The molecule has 0 spiro atoms. The molecule has 0 aliphatic rings. The van der Waals surface area contributed by atoms with Crippen molar-refractivity contribution in [2.45, 2.75) is 12.2 Å². The van der Waals surface area contributed by atoms with Gasteiger partial charge in [-0.3, -0.25) is 4.79 Å². The number of carbonyl (C=O) groups is 1. The first-order chi connectivity index (χ1) is 9.38. The summed E-state index contributed by atoms with van der Waals surface area (Å²) in [5.41, 5.74) is -0.566. The molecule has 0 aliphatic carbocycles. The van der Waals surface area contributed by atoms with Gasteiger partial charge in [-0.2, -0.15) is 13.2 Å². The highest BCUT2D eigenvalue weighted by Crippen LogP contribution is 2.31. The SMILES string of the molecule is O=C(CO)NC[C@H](N=C=S)c1cccc(C(F)(F)F)c1. The Labute approximate surface area is 118 Å². The molecule has 0 saturated carbocycles. The number of hydrogen-bond donors (Lipinski definition) is 2. The molecule has 1 atom stereocenters. The van der Waals surface area contributed by atoms with Crippen molar-refractivity contribution in [1.82, 2.24) is 5.32 Å². The number of rotatable bonds is 5. The second kappa shape index (κ2) is 7.14. The van der Waals surface area contributed by atoms with Crippen LogP contribution in [0.4, 0.5) is 13.2 Å². The van der Waals surface area contributed by atoms with Crippen LogP contribution in [-0.4, -0.2) is 29.3 Å². The minimum absolute atomic E-state index is 0.0790. The number of aliphatic hydroxyl groups excluding tert-OH is 1. The van der Waals surface area contributed by atoms with Crippen molar-refractivity contribution in [3.05, 3.63) is 35.4 Å². The predicted octanol–water partition coefficient (Wildman–Crippen LogP) is 1.96. The number of hydrogen-bond acceptors (Lipinski definition) is 4. The molecule has 4 nitrogen and oxygen atoms in total. The van der Waals surface area contributed by atoms with Crippen molar-refractivity contribution in [1.29, 1.82) is 0 Å². The number of aliphatic imine (C=N–C) groups is 1. The molecule has 0 heterocycles. The number of isothiocyanates is 1. The molecule has 0 radical (unpaired) electrons. The summed E-state index contributed by atoms with van der Waals surface area (Å²) in [6.45, 7) is -0.791. The fourth-order valence-corrected chi connectivity index (χ4v) is 1.62. The quantitative estimate of drug-likeness (QED) is 0.646. The number of benzene rings is 1. The van der Waals surface area contributed by atoms with E-state index in [1.165, 1.54) is 12.1 Å². The third-order valence-corrected chi connectivity index (χ3v) is 2.55. The first-order valence-electron chi connectivity index (χ1n) is 5.50. The zero-order valence-corrected chi connectivity index (χ0v) is 11.0. The minimum atomic E-state index is -4.46. The molecular formula is C12H11F3N2O2S. The molecule has 20 heavy (non-hydrogen) atoms. The average Bonchev–Trinajstić information content (AvgIpc) is 2.42. The summed E-state index contributed by atoms with van der Waals surface area (Å²) in [5, 5.41) is 13.0. The Morgan fingerprint density at radius 3 is 2.75 bits per heavy atom. The standard InChI is InChI=1S/C12H11F3N2O2S/c13-12(14,15)9-3-1-2-8(4-9)10(17-7-20)5-16-11(19)6-18/h1-4,10,18H,5-6H2,(H,16,19)/t10-/m0/s1. The van der Waals surface area contributed by atoms with E-state index in [0.29, 0.717) is 0 Å². The largest absolute Gasteiger partial charge is 0.416 e. The Balaban J connectivity index is 2.97. The van der Waals surface area contributed by atoms with Crippen LogP contribution in [0.1, 0.15) is 17.2 Å². The van der Waals surface area contributed by atoms with Crippen LogP contribution in [0.3, 0.4) is 0 Å². The van der Waals surface area contributed by atoms with Gasteiger partial charge in [0.1, 0.15) is 12.6 Å². The lowest BCUT2D eigenvalue weighted by molar-refractivity contribution is -0.137. The maximum atomic E-state index is 12.6. The van der Waals surface area contributed by atoms with E-state index in [0.717, 1.165) is 12.1 Å². The van der Waals surface area contributed by atoms with Gasteiger partial charge < -0.3 is 10.4 Å². The Hall–Kier alpha value is -1.76. The summed E-state index contributed by atoms with van der Waals surface area (Å²) in [6.07, 6.45) is -4.46. The summed E-state index contributed by atoms with van der Waals surface area (Å²) >= 11 is 4.44. The van der Waals surface area contributed by atoms with Crippen LogP contribution in [0.2, 0.25) is 0 Å². The van der Waals surface area contributed by atoms with Gasteiger partial charge in [-0.25, -0.2) is 4.99 Å². The van der Waals surface area contributed by atoms with E-state index in [1.54, 1.807) is 0 Å². The van der Waals surface area contributed by atoms with Crippen LogP contribution in [0.25, 0.3) is 0 Å². The van der Waals surface area contributed by atoms with Gasteiger partial charge in [0.2, 0.25) is 5.91 Å². The lowest BCUT2D eigenvalue weighted by atomic mass is 10.0. The first kappa shape index (κ1) is 16.3. The summed E-state index contributed by atoms with van der Waals surface area (Å²) in [5.74, 6) is -0.651. The monoisotopic (exact) mass is 304 g/mol. The van der Waals surface area contributed by atoms with Crippen LogP contribution >= 0.6 is 12.2 Å². The number of carbonyl (C=O) groups excluding carboxylic acids is 1. The van der Waals surface area contributed by atoms with Crippen molar-refractivity contribution in [2.75, 3.05) is 13.2 Å². The highest BCUT2D eigenvalue weighted by atomic mass is 32.1. The lowest BCUT2D eigenvalue weighted by Crippen LogP contribution is -2.30. The highest BCUT2D eigenvalue weighted by Gasteiger charge is 2.31. The average molecular weight is 304 g/mol. The van der Waals surface area contributed by atoms with Crippen molar-refractivity contribution in [3.8, 4) is 0 Å². The van der Waals surface area contributed by atoms with Gasteiger partial charge in [0.15, 0.2) is 0 Å². The second-order valence-corrected chi connectivity index (χ2v) is 4.00. The van der Waals surface area contributed by atoms with E-state index >= 15 is 0 Å². The molecule has 0 fully saturated rings. The minimum Gasteiger partial charge on any atom is -0.387 e. The number of aliphatic hydroxyl groups is 1. The molecule has 0 bridgehead atoms. The maximum Gasteiger partial charge on any atom is 0.416 e. The molecule has 8 heteroatoms. The molecule has 108 valence electrons. The third kappa shape index (κ3) is 4.73. The zero-order valence-electron chi connectivity index (χ0n) is 10.1. The smallest absolute Gasteiger partial charge is 0.387 e. The highest BCUT2D eigenvalue weighted by molar-refractivity contribution is 7.78. The fourth-order valence-electron chi connectivity index (χ4n) is 1.49. The van der Waals surface area contributed by atoms with Crippen LogP contribution < -0.4 is 5.32 Å². The molecule has 0 saturated heterocycles. The number of nitrogens with zero attached hydrogens (tertiary/aromatic N) is 1. The molecule has 2 N–H and O–H groups in total. The molecule has 0 unspecified atom stereocenters. The zero-order chi connectivity index (χ0) is 15.2. The van der Waals surface area contributed by atoms with E-state index in [4.69, 9.17) is 5.11 Å². The molecule has 0 aromatic heterocycles. The van der Waals surface area contributed by atoms with Crippen LogP contribution in [0, 0.1) is 0 Å². The molecule has 1 amide bonds. The van der Waals surface area contributed by atoms with Gasteiger partial charge in [-0.15, -0.1) is 0 Å². The van der Waals surface area contributed by atoms with E-state index in [2.05, 4.69) is 27.7 Å². The molecule has 1 aromatic carbocycles. The van der Waals surface area contributed by atoms with Gasteiger partial charge in [0.25, 0.3) is 0 Å². The summed E-state index contributed by atoms with van der Waals surface area (Å²) < 4.78 is 37.8. The molecule has 1 aromatic rings. The van der Waals surface area contributed by atoms with Gasteiger partial charge in [0.05, 0.1) is 10.7 Å². The van der Waals surface area contributed by atoms with Crippen LogP contribution in [-0.2, 0) is 11.0 Å². The van der Waals surface area contributed by atoms with Crippen LogP contribution in [0.5, 0.6) is 0 Å². The molecule has 0 aliphatic heterocycles. The summed E-state index contributed by atoms with van der Waals surface area (Å²) in [7, 11) is 0. The van der Waals surface area contributed by atoms with Crippen molar-refractivity contribution in [2.24, 2.45) is 4.99 Å². The van der Waals surface area contributed by atoms with E-state index in [-0.39, 0.29) is 12.1 Å². The summed E-state index contributed by atoms with van der Waals surface area (Å²) in [4.78, 5) is 14.7. The summed E-state index contributed by atoms with van der Waals surface area (Å²) in [6, 6.07) is 3.78.